The molecule has 1 saturated carbocycles. The minimum atomic E-state index is -0.895. The summed E-state index contributed by atoms with van der Waals surface area (Å²) in [5, 5.41) is 20.5. The molecule has 0 radical (unpaired) electrons. The molecule has 0 spiro atoms. The molecule has 2 unspecified atom stereocenters. The zero-order valence-electron chi connectivity index (χ0n) is 18.3. The largest absolute Gasteiger partial charge is 0.469 e. The molecule has 0 aliphatic heterocycles. The number of rotatable bonds is 12. The second kappa shape index (κ2) is 12.7. The quantitative estimate of drug-likeness (QED) is 0.295. The molecule has 1 aromatic rings. The third-order valence-electron chi connectivity index (χ3n) is 6.02. The molecule has 0 heterocycles. The van der Waals surface area contributed by atoms with Gasteiger partial charge in [0.25, 0.3) is 0 Å². The Bertz CT molecular complexity index is 694. The van der Waals surface area contributed by atoms with Crippen molar-refractivity contribution in [1.82, 2.24) is 0 Å². The monoisotopic (exact) mass is 416 g/mol. The Morgan fingerprint density at radius 2 is 1.93 bits per heavy atom. The molecule has 0 amide bonds. The lowest BCUT2D eigenvalue weighted by atomic mass is 9.85. The normalized spacial score (nSPS) is 21.1. The lowest BCUT2D eigenvalue weighted by Crippen LogP contribution is -2.18. The summed E-state index contributed by atoms with van der Waals surface area (Å²) in [7, 11) is 1.40. The van der Waals surface area contributed by atoms with Crippen molar-refractivity contribution < 1.29 is 24.5 Å². The molecule has 1 aliphatic carbocycles. The summed E-state index contributed by atoms with van der Waals surface area (Å²) in [5.74, 6) is 0.257. The maximum absolute atomic E-state index is 12.5. The van der Waals surface area contributed by atoms with Crippen molar-refractivity contribution in [3.8, 4) is 0 Å². The van der Waals surface area contributed by atoms with Crippen molar-refractivity contribution in [3.05, 3.63) is 47.5 Å². The molecule has 0 bridgehead atoms. The highest BCUT2D eigenvalue weighted by Gasteiger charge is 2.35. The summed E-state index contributed by atoms with van der Waals surface area (Å²) < 4.78 is 4.64. The van der Waals surface area contributed by atoms with Crippen molar-refractivity contribution in [3.63, 3.8) is 0 Å². The molecule has 2 rings (SSSR count). The lowest BCUT2D eigenvalue weighted by Gasteiger charge is -2.20. The van der Waals surface area contributed by atoms with Crippen molar-refractivity contribution in [2.24, 2.45) is 5.92 Å². The predicted octanol–water partition coefficient (Wildman–Crippen LogP) is 4.62. The molecule has 4 atom stereocenters. The van der Waals surface area contributed by atoms with Crippen LogP contribution in [0.1, 0.15) is 87.9 Å². The summed E-state index contributed by atoms with van der Waals surface area (Å²) in [4.78, 5) is 23.6. The zero-order valence-corrected chi connectivity index (χ0v) is 18.3. The first kappa shape index (κ1) is 24.3. The molecule has 1 aromatic carbocycles. The number of ketones is 1. The van der Waals surface area contributed by atoms with E-state index in [1.54, 1.807) is 0 Å². The van der Waals surface area contributed by atoms with Crippen molar-refractivity contribution in [2.75, 3.05) is 7.11 Å². The van der Waals surface area contributed by atoms with Crippen LogP contribution in [0.25, 0.3) is 0 Å². The highest BCUT2D eigenvalue weighted by atomic mass is 16.5. The van der Waals surface area contributed by atoms with E-state index in [0.717, 1.165) is 44.1 Å². The summed E-state index contributed by atoms with van der Waals surface area (Å²) in [6.07, 6.45) is 9.34. The number of ether oxygens (including phenoxy) is 1. The van der Waals surface area contributed by atoms with Crippen LogP contribution in [0.5, 0.6) is 0 Å². The van der Waals surface area contributed by atoms with Crippen LogP contribution >= 0.6 is 0 Å². The van der Waals surface area contributed by atoms with Gasteiger partial charge < -0.3 is 14.9 Å². The van der Waals surface area contributed by atoms with E-state index < -0.39 is 12.2 Å². The standard InChI is InChI=1S/C25H36O5/c1-3-4-10-22(27)25(29)20-14-12-19(13-15-20)24-18(16-17-21(24)26)9-7-5-6-8-11-23(28)30-2/h5,7,12-15,18,22,24-25,27,29H,3-4,6,8-11,16-17H2,1-2H3/t18-,22?,24-,25?/m0/s1. The average Bonchev–Trinajstić information content (AvgIpc) is 3.13. The van der Waals surface area contributed by atoms with Crippen LogP contribution in [0.4, 0.5) is 0 Å². The zero-order chi connectivity index (χ0) is 21.9. The molecule has 5 heteroatoms. The van der Waals surface area contributed by atoms with Crippen molar-refractivity contribution in [2.45, 2.75) is 82.8 Å². The van der Waals surface area contributed by atoms with Crippen LogP contribution in [0.3, 0.4) is 0 Å². The van der Waals surface area contributed by atoms with Crippen molar-refractivity contribution >= 4 is 11.8 Å². The summed E-state index contributed by atoms with van der Waals surface area (Å²) in [5.41, 5.74) is 1.68. The molecule has 30 heavy (non-hydrogen) atoms. The van der Waals surface area contributed by atoms with Gasteiger partial charge in [0, 0.05) is 18.8 Å². The molecule has 0 aromatic heterocycles. The fraction of sp³-hybridized carbons (Fsp3) is 0.600. The molecule has 0 saturated heterocycles. The van der Waals surface area contributed by atoms with E-state index in [2.05, 4.69) is 23.8 Å². The van der Waals surface area contributed by atoms with E-state index in [1.165, 1.54) is 7.11 Å². The Morgan fingerprint density at radius 3 is 2.60 bits per heavy atom. The highest BCUT2D eigenvalue weighted by molar-refractivity contribution is 5.88. The van der Waals surface area contributed by atoms with Crippen LogP contribution in [-0.2, 0) is 14.3 Å². The Balaban J connectivity index is 1.92. The number of allylic oxidation sites excluding steroid dienone is 2. The summed E-state index contributed by atoms with van der Waals surface area (Å²) in [6, 6.07) is 7.51. The van der Waals surface area contributed by atoms with Crippen LogP contribution in [0.2, 0.25) is 0 Å². The average molecular weight is 417 g/mol. The Kier molecular flexibility index (Phi) is 10.2. The number of aliphatic hydroxyl groups excluding tert-OH is 2. The molecule has 5 nitrogen and oxygen atoms in total. The number of benzene rings is 1. The topological polar surface area (TPSA) is 83.8 Å². The van der Waals surface area contributed by atoms with E-state index >= 15 is 0 Å². The van der Waals surface area contributed by atoms with Gasteiger partial charge >= 0.3 is 5.97 Å². The van der Waals surface area contributed by atoms with E-state index in [0.29, 0.717) is 24.8 Å². The smallest absolute Gasteiger partial charge is 0.305 e. The van der Waals surface area contributed by atoms with E-state index in [4.69, 9.17) is 0 Å². The number of aliphatic hydroxyl groups is 2. The molecule has 166 valence electrons. The maximum Gasteiger partial charge on any atom is 0.305 e. The first-order valence-corrected chi connectivity index (χ1v) is 11.2. The van der Waals surface area contributed by atoms with E-state index in [-0.39, 0.29) is 23.6 Å². The second-order valence-corrected chi connectivity index (χ2v) is 8.24. The van der Waals surface area contributed by atoms with Crippen LogP contribution < -0.4 is 0 Å². The number of methoxy groups -OCH3 is 1. The van der Waals surface area contributed by atoms with Crippen LogP contribution in [0.15, 0.2) is 36.4 Å². The second-order valence-electron chi connectivity index (χ2n) is 8.24. The number of carbonyl (C=O) groups is 2. The van der Waals surface area contributed by atoms with Gasteiger partial charge in [0.1, 0.15) is 11.9 Å². The number of hydrogen-bond acceptors (Lipinski definition) is 5. The molecular formula is C25H36O5. The molecule has 1 aliphatic rings. The predicted molar refractivity (Wildman–Crippen MR) is 117 cm³/mol. The molecule has 2 N–H and O–H groups in total. The lowest BCUT2D eigenvalue weighted by molar-refractivity contribution is -0.140. The minimum Gasteiger partial charge on any atom is -0.469 e. The Labute approximate surface area is 180 Å². The Morgan fingerprint density at radius 1 is 1.20 bits per heavy atom. The van der Waals surface area contributed by atoms with Gasteiger partial charge in [-0.05, 0) is 49.1 Å². The van der Waals surface area contributed by atoms with Gasteiger partial charge in [0.05, 0.1) is 13.2 Å². The van der Waals surface area contributed by atoms with E-state index in [1.807, 2.05) is 24.3 Å². The molecule has 1 fully saturated rings. The number of esters is 1. The third-order valence-corrected chi connectivity index (χ3v) is 6.02. The molecular weight excluding hydrogens is 380 g/mol. The highest BCUT2D eigenvalue weighted by Crippen LogP contribution is 2.39. The fourth-order valence-corrected chi connectivity index (χ4v) is 4.17. The maximum atomic E-state index is 12.5. The number of carbonyl (C=O) groups excluding carboxylic acids is 2. The van der Waals surface area contributed by atoms with Crippen molar-refractivity contribution in [1.29, 1.82) is 0 Å². The van der Waals surface area contributed by atoms with Gasteiger partial charge in [-0.2, -0.15) is 0 Å². The minimum absolute atomic E-state index is 0.110. The number of hydrogen-bond donors (Lipinski definition) is 2. The van der Waals surface area contributed by atoms with Crippen LogP contribution in [-0.4, -0.2) is 35.2 Å². The number of Topliss-reactive ketones (excluding diaryl/α,β-unsaturated/α-hetero) is 1. The van der Waals surface area contributed by atoms with Crippen LogP contribution in [0, 0.1) is 5.92 Å². The summed E-state index contributed by atoms with van der Waals surface area (Å²) >= 11 is 0. The SMILES string of the molecule is CCCCC(O)C(O)c1ccc([C@H]2C(=O)CC[C@@H]2CC=CCCCC(=O)OC)cc1. The summed E-state index contributed by atoms with van der Waals surface area (Å²) in [6.45, 7) is 2.06. The van der Waals surface area contributed by atoms with Gasteiger partial charge in [-0.15, -0.1) is 0 Å². The first-order chi connectivity index (χ1) is 14.5. The fourth-order valence-electron chi connectivity index (χ4n) is 4.17. The van der Waals surface area contributed by atoms with Gasteiger partial charge in [0.2, 0.25) is 0 Å². The van der Waals surface area contributed by atoms with Gasteiger partial charge in [-0.25, -0.2) is 0 Å². The number of unbranched alkanes of at least 4 members (excludes halogenated alkanes) is 2. The van der Waals surface area contributed by atoms with Gasteiger partial charge in [-0.3, -0.25) is 9.59 Å². The Hall–Kier alpha value is -1.98. The van der Waals surface area contributed by atoms with E-state index in [9.17, 15) is 19.8 Å². The van der Waals surface area contributed by atoms with Gasteiger partial charge in [0.15, 0.2) is 0 Å². The van der Waals surface area contributed by atoms with Gasteiger partial charge in [-0.1, -0.05) is 56.2 Å². The third kappa shape index (κ3) is 7.06. The first-order valence-electron chi connectivity index (χ1n) is 11.2.